The molecular formula is C32H32N4NaO4. The van der Waals surface area contributed by atoms with Crippen molar-refractivity contribution >= 4 is 29.6 Å². The number of aromatic nitrogens is 4. The molecule has 0 bridgehead atoms. The maximum Gasteiger partial charge on any atom is 0.439 e. The zero-order chi connectivity index (χ0) is 28.1. The van der Waals surface area contributed by atoms with E-state index in [1.807, 2.05) is 79.7 Å². The molecule has 0 atom stereocenters. The van der Waals surface area contributed by atoms with Crippen molar-refractivity contribution in [3.63, 3.8) is 0 Å². The Morgan fingerprint density at radius 1 is 0.927 bits per heavy atom. The minimum absolute atomic E-state index is 0. The van der Waals surface area contributed by atoms with E-state index in [9.17, 15) is 9.59 Å². The van der Waals surface area contributed by atoms with Gasteiger partial charge in [-0.1, -0.05) is 79.2 Å². The van der Waals surface area contributed by atoms with E-state index < -0.39 is 5.76 Å². The minimum Gasteiger partial charge on any atom is -0.497 e. The van der Waals surface area contributed by atoms with Crippen molar-refractivity contribution in [3.8, 4) is 28.3 Å². The normalized spacial score (nSPS) is 10.8. The molecule has 5 rings (SSSR count). The second-order valence-electron chi connectivity index (χ2n) is 9.79. The maximum atomic E-state index is 13.9. The van der Waals surface area contributed by atoms with Crippen LogP contribution < -0.4 is 16.1 Å². The molecule has 0 aliphatic heterocycles. The number of H-pyrrole nitrogens is 1. The molecule has 1 radical (unpaired) electrons. The number of hydrogen-bond donors (Lipinski definition) is 1. The summed E-state index contributed by atoms with van der Waals surface area (Å²) in [5.74, 6) is 1.28. The first-order valence-electron chi connectivity index (χ1n) is 13.4. The Bertz CT molecular complexity index is 1720. The van der Waals surface area contributed by atoms with E-state index in [1.54, 1.807) is 11.7 Å². The summed E-state index contributed by atoms with van der Waals surface area (Å²) in [6, 6.07) is 23.6. The van der Waals surface area contributed by atoms with Gasteiger partial charge in [0.25, 0.3) is 5.56 Å². The van der Waals surface area contributed by atoms with E-state index in [-0.39, 0.29) is 35.1 Å². The molecule has 0 aliphatic carbocycles. The number of benzene rings is 3. The van der Waals surface area contributed by atoms with Crippen LogP contribution in [0, 0.1) is 6.92 Å². The first-order valence-corrected chi connectivity index (χ1v) is 13.4. The van der Waals surface area contributed by atoms with Crippen LogP contribution in [0.3, 0.4) is 0 Å². The van der Waals surface area contributed by atoms with Crippen LogP contribution in [0.25, 0.3) is 22.5 Å². The molecule has 0 aliphatic rings. The van der Waals surface area contributed by atoms with Crippen LogP contribution in [0.15, 0.2) is 86.9 Å². The standard InChI is InChI=1S/C32H32N4O4.Na/c1-4-5-10-29-28(31(37)36(21(2)33-29)20-23-13-17-25(39-3)18-14-23)19-22-11-15-24(16-12-22)26-8-6-7-9-27(26)30-34-32(38)40-35-30;/h6-9,11-18H,4-5,10,19-20H2,1-3H3,(H,34,35,38);. The Morgan fingerprint density at radius 3 is 2.24 bits per heavy atom. The van der Waals surface area contributed by atoms with Gasteiger partial charge in [0.2, 0.25) is 0 Å². The quantitative estimate of drug-likeness (QED) is 0.237. The van der Waals surface area contributed by atoms with Crippen LogP contribution in [0.1, 0.15) is 48.0 Å². The molecule has 0 spiro atoms. The summed E-state index contributed by atoms with van der Waals surface area (Å²) in [6.07, 6.45) is 3.26. The molecule has 0 unspecified atom stereocenters. The molecule has 2 heterocycles. The second kappa shape index (κ2) is 13.8. The monoisotopic (exact) mass is 559 g/mol. The average Bonchev–Trinajstić information content (AvgIpc) is 3.42. The van der Waals surface area contributed by atoms with Crippen molar-refractivity contribution in [3.05, 3.63) is 122 Å². The summed E-state index contributed by atoms with van der Waals surface area (Å²) in [5.41, 5.74) is 6.30. The number of aryl methyl sites for hydroxylation is 2. The molecule has 41 heavy (non-hydrogen) atoms. The molecule has 205 valence electrons. The molecule has 1 N–H and O–H groups in total. The summed E-state index contributed by atoms with van der Waals surface area (Å²) in [4.78, 5) is 32.9. The molecule has 0 saturated heterocycles. The average molecular weight is 560 g/mol. The van der Waals surface area contributed by atoms with E-state index in [4.69, 9.17) is 14.2 Å². The summed E-state index contributed by atoms with van der Waals surface area (Å²) in [7, 11) is 1.64. The molecule has 8 nitrogen and oxygen atoms in total. The number of nitrogens with one attached hydrogen (secondary N) is 1. The summed E-state index contributed by atoms with van der Waals surface area (Å²) < 4.78 is 11.7. The number of methoxy groups -OCH3 is 1. The smallest absolute Gasteiger partial charge is 0.439 e. The van der Waals surface area contributed by atoms with Gasteiger partial charge in [0, 0.05) is 47.1 Å². The van der Waals surface area contributed by atoms with Gasteiger partial charge in [-0.25, -0.2) is 9.78 Å². The predicted octanol–water partition coefficient (Wildman–Crippen LogP) is 5.17. The number of aromatic amines is 1. The first kappa shape index (κ1) is 30.2. The molecule has 2 aromatic heterocycles. The van der Waals surface area contributed by atoms with Gasteiger partial charge in [0.1, 0.15) is 11.6 Å². The van der Waals surface area contributed by atoms with E-state index in [0.29, 0.717) is 24.6 Å². The number of ether oxygens (including phenoxy) is 1. The number of hydrogen-bond acceptors (Lipinski definition) is 6. The van der Waals surface area contributed by atoms with Gasteiger partial charge in [0.15, 0.2) is 5.82 Å². The van der Waals surface area contributed by atoms with Gasteiger partial charge in [-0.3, -0.25) is 18.9 Å². The Labute approximate surface area is 260 Å². The predicted molar refractivity (Wildman–Crippen MR) is 160 cm³/mol. The van der Waals surface area contributed by atoms with Crippen molar-refractivity contribution in [1.82, 2.24) is 19.7 Å². The van der Waals surface area contributed by atoms with Crippen LogP contribution >= 0.6 is 0 Å². The molecule has 0 amide bonds. The zero-order valence-electron chi connectivity index (χ0n) is 23.9. The van der Waals surface area contributed by atoms with Crippen LogP contribution in [0.4, 0.5) is 0 Å². The number of unbranched alkanes of at least 4 members (excludes halogenated alkanes) is 1. The van der Waals surface area contributed by atoms with Gasteiger partial charge >= 0.3 is 5.76 Å². The molecule has 0 fully saturated rings. The van der Waals surface area contributed by atoms with Crippen molar-refractivity contribution < 1.29 is 9.26 Å². The van der Waals surface area contributed by atoms with Crippen molar-refractivity contribution in [2.45, 2.75) is 46.1 Å². The van der Waals surface area contributed by atoms with E-state index in [0.717, 1.165) is 64.1 Å². The fourth-order valence-electron chi connectivity index (χ4n) is 4.88. The van der Waals surface area contributed by atoms with Crippen LogP contribution in [0.5, 0.6) is 5.75 Å². The Morgan fingerprint density at radius 2 is 1.61 bits per heavy atom. The Kier molecular flexibility index (Phi) is 10.2. The Balaban J connectivity index is 0.00000387. The van der Waals surface area contributed by atoms with Crippen LogP contribution in [-0.2, 0) is 19.4 Å². The summed E-state index contributed by atoms with van der Waals surface area (Å²) in [5, 5.41) is 3.85. The molecule has 0 saturated carbocycles. The third-order valence-electron chi connectivity index (χ3n) is 7.07. The zero-order valence-corrected chi connectivity index (χ0v) is 25.9. The third-order valence-corrected chi connectivity index (χ3v) is 7.07. The third kappa shape index (κ3) is 6.96. The molecule has 3 aromatic carbocycles. The van der Waals surface area contributed by atoms with Crippen molar-refractivity contribution in [2.24, 2.45) is 0 Å². The molecule has 9 heteroatoms. The fraction of sp³-hybridized carbons (Fsp3) is 0.250. The van der Waals surface area contributed by atoms with Gasteiger partial charge in [-0.15, -0.1) is 0 Å². The van der Waals surface area contributed by atoms with Gasteiger partial charge in [-0.05, 0) is 54.2 Å². The largest absolute Gasteiger partial charge is 0.497 e. The van der Waals surface area contributed by atoms with E-state index >= 15 is 0 Å². The summed E-state index contributed by atoms with van der Waals surface area (Å²) in [6.45, 7) is 4.49. The first-order chi connectivity index (χ1) is 19.5. The van der Waals surface area contributed by atoms with Gasteiger partial charge < -0.3 is 4.74 Å². The SMILES string of the molecule is CCCCc1nc(C)n(Cc2ccc(OC)cc2)c(=O)c1Cc1ccc(-c2ccccc2-c2noc(=O)[nH]2)cc1.[Na]. The fourth-order valence-corrected chi connectivity index (χ4v) is 4.88. The Hall–Kier alpha value is -3.72. The molecular weight excluding hydrogens is 527 g/mol. The van der Waals surface area contributed by atoms with E-state index in [2.05, 4.69) is 17.1 Å². The van der Waals surface area contributed by atoms with E-state index in [1.165, 1.54) is 0 Å². The summed E-state index contributed by atoms with van der Waals surface area (Å²) >= 11 is 0. The van der Waals surface area contributed by atoms with Crippen molar-refractivity contribution in [1.29, 1.82) is 0 Å². The number of nitrogens with zero attached hydrogens (tertiary/aromatic N) is 3. The minimum atomic E-state index is -0.594. The van der Waals surface area contributed by atoms with Gasteiger partial charge in [-0.2, -0.15) is 0 Å². The van der Waals surface area contributed by atoms with Crippen LogP contribution in [0.2, 0.25) is 0 Å². The maximum absolute atomic E-state index is 13.9. The van der Waals surface area contributed by atoms with Gasteiger partial charge in [0.05, 0.1) is 19.3 Å². The second-order valence-corrected chi connectivity index (χ2v) is 9.79. The number of rotatable bonds is 10. The topological polar surface area (TPSA) is 103 Å². The van der Waals surface area contributed by atoms with Crippen LogP contribution in [-0.4, -0.2) is 56.4 Å². The van der Waals surface area contributed by atoms with Crippen molar-refractivity contribution in [2.75, 3.05) is 7.11 Å². The molecule has 5 aromatic rings.